The summed E-state index contributed by atoms with van der Waals surface area (Å²) < 4.78 is 0. The predicted molar refractivity (Wildman–Crippen MR) is 133 cm³/mol. The number of aromatic nitrogens is 2. The summed E-state index contributed by atoms with van der Waals surface area (Å²) in [5.74, 6) is 0.773. The van der Waals surface area contributed by atoms with E-state index in [1.54, 1.807) is 30.3 Å². The Morgan fingerprint density at radius 2 is 1.70 bits per heavy atom. The van der Waals surface area contributed by atoms with Gasteiger partial charge in [0.15, 0.2) is 0 Å². The molecule has 4 aromatic rings. The highest BCUT2D eigenvalue weighted by Gasteiger charge is 2.15. The number of benzene rings is 3. The number of nitrogen functional groups attached to an aromatic ring is 1. The van der Waals surface area contributed by atoms with Crippen molar-refractivity contribution in [2.24, 2.45) is 0 Å². The molecule has 0 amide bonds. The lowest BCUT2D eigenvalue weighted by Crippen LogP contribution is -2.03. The third-order valence-electron chi connectivity index (χ3n) is 5.56. The van der Waals surface area contributed by atoms with Crippen molar-refractivity contribution in [1.29, 1.82) is 10.5 Å². The van der Waals surface area contributed by atoms with Crippen molar-refractivity contribution in [2.75, 3.05) is 11.1 Å². The number of nitriles is 2. The van der Waals surface area contributed by atoms with Gasteiger partial charge >= 0.3 is 0 Å². The minimum atomic E-state index is 0.386. The molecule has 6 nitrogen and oxygen atoms in total. The number of allylic oxidation sites excluding steroid dienone is 2. The first kappa shape index (κ1) is 21.5. The molecule has 160 valence electrons. The summed E-state index contributed by atoms with van der Waals surface area (Å²) in [4.78, 5) is 9.23. The minimum absolute atomic E-state index is 0.386. The molecule has 1 heterocycles. The largest absolute Gasteiger partial charge is 0.383 e. The molecule has 0 aliphatic rings. The molecule has 0 fully saturated rings. The molecule has 4 rings (SSSR count). The molecular weight excluding hydrogens is 408 g/mol. The van der Waals surface area contributed by atoms with Crippen LogP contribution in [0.15, 0.2) is 60.7 Å². The van der Waals surface area contributed by atoms with E-state index in [1.807, 2.05) is 25.1 Å². The van der Waals surface area contributed by atoms with Crippen LogP contribution in [-0.4, -0.2) is 9.97 Å². The van der Waals surface area contributed by atoms with Crippen molar-refractivity contribution in [3.05, 3.63) is 82.9 Å². The zero-order valence-corrected chi connectivity index (χ0v) is 18.6. The molecule has 3 aromatic carbocycles. The number of aryl methyl sites for hydroxylation is 2. The van der Waals surface area contributed by atoms with E-state index in [-0.39, 0.29) is 0 Å². The summed E-state index contributed by atoms with van der Waals surface area (Å²) in [5, 5.41) is 22.0. The SMILES string of the molecule is CC(=CC#N)c1cc(C)c(-c2cccc3c(N)nc(Nc4ccc(C#N)cc4)nc23)c(C)c1. The molecule has 33 heavy (non-hydrogen) atoms. The number of hydrogen-bond donors (Lipinski definition) is 2. The lowest BCUT2D eigenvalue weighted by Gasteiger charge is -2.16. The number of nitrogens with two attached hydrogens (primary N) is 1. The molecule has 0 saturated carbocycles. The number of anilines is 3. The van der Waals surface area contributed by atoms with E-state index in [9.17, 15) is 0 Å². The van der Waals surface area contributed by atoms with Crippen molar-refractivity contribution in [1.82, 2.24) is 9.97 Å². The van der Waals surface area contributed by atoms with Gasteiger partial charge in [-0.1, -0.05) is 24.3 Å². The van der Waals surface area contributed by atoms with Crippen LogP contribution >= 0.6 is 0 Å². The highest BCUT2D eigenvalue weighted by molar-refractivity contribution is 6.00. The molecule has 0 aliphatic heterocycles. The molecule has 6 heteroatoms. The van der Waals surface area contributed by atoms with E-state index in [1.165, 1.54) is 0 Å². The second-order valence-electron chi connectivity index (χ2n) is 7.89. The quantitative estimate of drug-likeness (QED) is 0.382. The predicted octanol–water partition coefficient (Wildman–Crippen LogP) is 6.04. The van der Waals surface area contributed by atoms with E-state index >= 15 is 0 Å². The summed E-state index contributed by atoms with van der Waals surface area (Å²) in [6.07, 6.45) is 1.56. The van der Waals surface area contributed by atoms with Crippen molar-refractivity contribution >= 4 is 33.9 Å². The molecule has 0 radical (unpaired) electrons. The first-order valence-electron chi connectivity index (χ1n) is 10.4. The first-order chi connectivity index (χ1) is 15.9. The number of nitrogens with one attached hydrogen (secondary N) is 1. The van der Waals surface area contributed by atoms with Gasteiger partial charge in [0.1, 0.15) is 5.82 Å². The van der Waals surface area contributed by atoms with Crippen molar-refractivity contribution in [3.63, 3.8) is 0 Å². The normalized spacial score (nSPS) is 11.1. The molecular formula is C27H22N6. The molecule has 0 atom stereocenters. The van der Waals surface area contributed by atoms with Crippen LogP contribution < -0.4 is 11.1 Å². The summed E-state index contributed by atoms with van der Waals surface area (Å²) in [7, 11) is 0. The monoisotopic (exact) mass is 430 g/mol. The third kappa shape index (κ3) is 4.23. The molecule has 0 spiro atoms. The Kier molecular flexibility index (Phi) is 5.76. The molecule has 0 bridgehead atoms. The second-order valence-corrected chi connectivity index (χ2v) is 7.89. The van der Waals surface area contributed by atoms with Crippen molar-refractivity contribution in [3.8, 4) is 23.3 Å². The number of hydrogen-bond acceptors (Lipinski definition) is 6. The fourth-order valence-electron chi connectivity index (χ4n) is 3.99. The van der Waals surface area contributed by atoms with Crippen LogP contribution in [0.2, 0.25) is 0 Å². The minimum Gasteiger partial charge on any atom is -0.383 e. The van der Waals surface area contributed by atoms with Gasteiger partial charge in [-0.2, -0.15) is 15.5 Å². The van der Waals surface area contributed by atoms with E-state index in [0.717, 1.165) is 50.0 Å². The maximum atomic E-state index is 9.00. The zero-order chi connectivity index (χ0) is 23.5. The maximum Gasteiger partial charge on any atom is 0.229 e. The number of rotatable bonds is 4. The summed E-state index contributed by atoms with van der Waals surface area (Å²) in [5.41, 5.74) is 14.6. The van der Waals surface area contributed by atoms with Gasteiger partial charge in [-0.15, -0.1) is 0 Å². The van der Waals surface area contributed by atoms with Gasteiger partial charge in [0.25, 0.3) is 0 Å². The highest BCUT2D eigenvalue weighted by Crippen LogP contribution is 2.36. The van der Waals surface area contributed by atoms with E-state index in [4.69, 9.17) is 21.2 Å². The average molecular weight is 431 g/mol. The van der Waals surface area contributed by atoms with Crippen LogP contribution in [-0.2, 0) is 0 Å². The van der Waals surface area contributed by atoms with Gasteiger partial charge in [-0.25, -0.2) is 4.98 Å². The molecule has 0 aliphatic carbocycles. The number of para-hydroxylation sites is 1. The standard InChI is InChI=1S/C27H22N6/c1-16(11-12-28)20-13-17(2)24(18(3)14-20)22-5-4-6-23-25(22)32-27(33-26(23)30)31-21-9-7-19(15-29)8-10-21/h4-11,13-14H,1-3H3,(H3,30,31,32,33). The van der Waals surface area contributed by atoms with Gasteiger partial charge in [-0.3, -0.25) is 0 Å². The Labute approximate surface area is 192 Å². The Hall–Kier alpha value is -4.68. The van der Waals surface area contributed by atoms with Crippen LogP contribution in [0.25, 0.3) is 27.6 Å². The van der Waals surface area contributed by atoms with Crippen molar-refractivity contribution in [2.45, 2.75) is 20.8 Å². The van der Waals surface area contributed by atoms with Crippen molar-refractivity contribution < 1.29 is 0 Å². The number of nitrogens with zero attached hydrogens (tertiary/aromatic N) is 4. The van der Waals surface area contributed by atoms with Crippen LogP contribution in [0.3, 0.4) is 0 Å². The van der Waals surface area contributed by atoms with Crippen LogP contribution in [0.5, 0.6) is 0 Å². The average Bonchev–Trinajstić information content (AvgIpc) is 2.79. The Morgan fingerprint density at radius 3 is 2.33 bits per heavy atom. The van der Waals surface area contributed by atoms with E-state index in [0.29, 0.717) is 17.3 Å². The topological polar surface area (TPSA) is 111 Å². The van der Waals surface area contributed by atoms with Gasteiger partial charge < -0.3 is 11.1 Å². The fraction of sp³-hybridized carbons (Fsp3) is 0.111. The molecule has 1 aromatic heterocycles. The van der Waals surface area contributed by atoms with E-state index in [2.05, 4.69) is 48.4 Å². The summed E-state index contributed by atoms with van der Waals surface area (Å²) in [6, 6.07) is 21.4. The van der Waals surface area contributed by atoms with Crippen LogP contribution in [0.1, 0.15) is 29.2 Å². The molecule has 3 N–H and O–H groups in total. The lowest BCUT2D eigenvalue weighted by atomic mass is 9.90. The maximum absolute atomic E-state index is 9.00. The van der Waals surface area contributed by atoms with E-state index < -0.39 is 0 Å². The Morgan fingerprint density at radius 1 is 1.00 bits per heavy atom. The zero-order valence-electron chi connectivity index (χ0n) is 18.6. The van der Waals surface area contributed by atoms with Crippen LogP contribution in [0, 0.1) is 36.5 Å². The third-order valence-corrected chi connectivity index (χ3v) is 5.56. The first-order valence-corrected chi connectivity index (χ1v) is 10.4. The van der Waals surface area contributed by atoms with Gasteiger partial charge in [0.2, 0.25) is 5.95 Å². The smallest absolute Gasteiger partial charge is 0.229 e. The Balaban J connectivity index is 1.84. The molecule has 0 unspecified atom stereocenters. The summed E-state index contributed by atoms with van der Waals surface area (Å²) >= 11 is 0. The Bertz CT molecular complexity index is 1460. The summed E-state index contributed by atoms with van der Waals surface area (Å²) in [6.45, 7) is 6.06. The van der Waals surface area contributed by atoms with Gasteiger partial charge in [0, 0.05) is 22.7 Å². The second kappa shape index (κ2) is 8.82. The van der Waals surface area contributed by atoms with Gasteiger partial charge in [-0.05, 0) is 78.9 Å². The van der Waals surface area contributed by atoms with Crippen LogP contribution in [0.4, 0.5) is 17.5 Å². The molecule has 0 saturated heterocycles. The lowest BCUT2D eigenvalue weighted by molar-refractivity contribution is 1.22. The van der Waals surface area contributed by atoms with Gasteiger partial charge in [0.05, 0.1) is 23.2 Å². The highest BCUT2D eigenvalue weighted by atomic mass is 15.1. The number of fused-ring (bicyclic) bond motifs is 1. The fourth-order valence-corrected chi connectivity index (χ4v) is 3.99.